The van der Waals surface area contributed by atoms with Crippen LogP contribution in [0.3, 0.4) is 0 Å². The van der Waals surface area contributed by atoms with Gasteiger partial charge in [0.2, 0.25) is 0 Å². The van der Waals surface area contributed by atoms with Crippen molar-refractivity contribution in [2.24, 2.45) is 0 Å². The van der Waals surface area contributed by atoms with Crippen molar-refractivity contribution in [1.82, 2.24) is 4.57 Å². The van der Waals surface area contributed by atoms with E-state index < -0.39 is 0 Å². The Morgan fingerprint density at radius 3 is 1.27 bits per heavy atom. The van der Waals surface area contributed by atoms with Crippen LogP contribution in [0.1, 0.15) is 158 Å². The topological polar surface area (TPSA) is 8.17 Å². The number of benzene rings is 10. The van der Waals surface area contributed by atoms with Crippen LogP contribution in [0.4, 0.5) is 17.1 Å². The lowest BCUT2D eigenvalue weighted by atomic mass is 9.79. The molecule has 0 aliphatic rings. The van der Waals surface area contributed by atoms with Gasteiger partial charge in [0.25, 0.3) is 0 Å². The minimum atomic E-state index is -0.0858. The van der Waals surface area contributed by atoms with Gasteiger partial charge in [-0.3, -0.25) is 0 Å². The van der Waals surface area contributed by atoms with Crippen LogP contribution < -0.4 is 4.90 Å². The molecule has 10 aromatic carbocycles. The zero-order chi connectivity index (χ0) is 55.8. The molecule has 396 valence electrons. The van der Waals surface area contributed by atoms with E-state index in [0.717, 1.165) is 17.1 Å². The second kappa shape index (κ2) is 18.2. The van der Waals surface area contributed by atoms with Crippen molar-refractivity contribution in [3.63, 3.8) is 0 Å². The number of hydrogen-bond acceptors (Lipinski definition) is 1. The summed E-state index contributed by atoms with van der Waals surface area (Å²) in [5.74, 6) is 0. The number of rotatable bonds is 6. The summed E-state index contributed by atoms with van der Waals surface area (Å²) < 4.78 is 2.54. The van der Waals surface area contributed by atoms with Crippen molar-refractivity contribution in [2.75, 3.05) is 4.90 Å². The van der Waals surface area contributed by atoms with Crippen molar-refractivity contribution in [2.45, 2.75) is 157 Å². The zero-order valence-corrected chi connectivity index (χ0v) is 50.1. The smallest absolute Gasteiger partial charge is 0.0541 e. The lowest BCUT2D eigenvalue weighted by Crippen LogP contribution is -2.19. The average molecular weight is 1020 g/mol. The number of para-hydroxylation sites is 1. The molecule has 0 saturated carbocycles. The van der Waals surface area contributed by atoms with Gasteiger partial charge < -0.3 is 9.47 Å². The normalized spacial score (nSPS) is 13.3. The van der Waals surface area contributed by atoms with E-state index >= 15 is 0 Å². The quantitative estimate of drug-likeness (QED) is 0.151. The Morgan fingerprint density at radius 1 is 0.295 bits per heavy atom. The Bertz CT molecular complexity index is 3990. The van der Waals surface area contributed by atoms with Crippen LogP contribution in [0, 0.1) is 0 Å². The first kappa shape index (κ1) is 52.9. The van der Waals surface area contributed by atoms with Crippen LogP contribution in [0.15, 0.2) is 170 Å². The zero-order valence-electron chi connectivity index (χ0n) is 50.1. The van der Waals surface area contributed by atoms with Crippen LogP contribution in [0.5, 0.6) is 0 Å². The van der Waals surface area contributed by atoms with Crippen LogP contribution in [-0.2, 0) is 32.5 Å². The minimum Gasteiger partial charge on any atom is -0.309 e. The molecule has 0 amide bonds. The number of aromatic nitrogens is 1. The second-order valence-electron chi connectivity index (χ2n) is 28.9. The van der Waals surface area contributed by atoms with Gasteiger partial charge in [0, 0.05) is 32.8 Å². The fourth-order valence-corrected chi connectivity index (χ4v) is 11.8. The minimum absolute atomic E-state index is 0.00838. The third-order valence-electron chi connectivity index (χ3n) is 16.8. The fourth-order valence-electron chi connectivity index (χ4n) is 11.8. The average Bonchev–Trinajstić information content (AvgIpc) is 3.90. The molecule has 1 aromatic heterocycles. The van der Waals surface area contributed by atoms with Gasteiger partial charge in [-0.2, -0.15) is 0 Å². The lowest BCUT2D eigenvalue weighted by Gasteiger charge is -2.33. The summed E-state index contributed by atoms with van der Waals surface area (Å²) in [6, 6.07) is 66.3. The molecule has 0 saturated heterocycles. The van der Waals surface area contributed by atoms with Crippen molar-refractivity contribution >= 4 is 71.2 Å². The molecule has 0 aliphatic heterocycles. The molecule has 0 bridgehead atoms. The SMILES string of the molecule is CC(C)(C)c1cc(-c2cccc(-c3ccccc3N(c3cc(C(C)(C)C)cc(C(C)(C)C)c3)c3ccc4ccc5c(-n6c7ccc(C(C)(C)C)cc7c7cc(C(C)(C)C)ccc76)ccc6ccc3c4c65)c2)cc(C(C)(C)C)c1. The first-order valence-electron chi connectivity index (χ1n) is 28.6. The number of fused-ring (bicyclic) bond motifs is 3. The molecule has 2 nitrogen and oxygen atoms in total. The molecule has 78 heavy (non-hydrogen) atoms. The molecule has 0 spiro atoms. The van der Waals surface area contributed by atoms with Crippen LogP contribution in [0.25, 0.3) is 82.1 Å². The van der Waals surface area contributed by atoms with Crippen molar-refractivity contribution in [3.05, 3.63) is 203 Å². The highest BCUT2D eigenvalue weighted by Gasteiger charge is 2.29. The van der Waals surface area contributed by atoms with Crippen LogP contribution in [-0.4, -0.2) is 4.57 Å². The van der Waals surface area contributed by atoms with Gasteiger partial charge in [0.1, 0.15) is 0 Å². The van der Waals surface area contributed by atoms with Gasteiger partial charge in [-0.15, -0.1) is 0 Å². The molecule has 0 fully saturated rings. The Morgan fingerprint density at radius 2 is 0.744 bits per heavy atom. The largest absolute Gasteiger partial charge is 0.309 e. The van der Waals surface area contributed by atoms with Gasteiger partial charge in [0.05, 0.1) is 28.1 Å². The first-order valence-corrected chi connectivity index (χ1v) is 28.6. The van der Waals surface area contributed by atoms with E-state index in [4.69, 9.17) is 0 Å². The molecule has 0 N–H and O–H groups in total. The summed E-state index contributed by atoms with van der Waals surface area (Å²) >= 11 is 0. The molecule has 1 heterocycles. The van der Waals surface area contributed by atoms with E-state index in [1.165, 1.54) is 115 Å². The standard InChI is InChI=1S/C76H82N2/c1-71(2,3)52-30-36-67-62(45-52)63-46-53(72(4,5)6)31-37-68(63)78(67)66-35-29-48-26-32-60-65(34-28-47-27-33-61(66)70(48)69(47)60)77(58-43-56(75(13,14)15)42-57(44-58)76(16,17)18)64-25-20-19-24-59(64)50-23-21-22-49(38-50)51-39-54(73(7,8)9)41-55(40-51)74(10,11)12/h19-46H,1-18H3. The highest BCUT2D eigenvalue weighted by atomic mass is 15.1. The van der Waals surface area contributed by atoms with Gasteiger partial charge in [-0.1, -0.05) is 234 Å². The number of anilines is 3. The third-order valence-corrected chi connectivity index (χ3v) is 16.8. The van der Waals surface area contributed by atoms with Gasteiger partial charge in [-0.25, -0.2) is 0 Å². The molecule has 0 aliphatic carbocycles. The summed E-state index contributed by atoms with van der Waals surface area (Å²) in [6.07, 6.45) is 0. The van der Waals surface area contributed by atoms with Crippen molar-refractivity contribution in [3.8, 4) is 27.9 Å². The van der Waals surface area contributed by atoms with Gasteiger partial charge in [-0.05, 0) is 165 Å². The summed E-state index contributed by atoms with van der Waals surface area (Å²) in [7, 11) is 0. The number of hydrogen-bond donors (Lipinski definition) is 0. The van der Waals surface area contributed by atoms with E-state index in [9.17, 15) is 0 Å². The molecule has 11 aromatic rings. The highest BCUT2D eigenvalue weighted by molar-refractivity contribution is 6.27. The molecule has 2 heteroatoms. The van der Waals surface area contributed by atoms with Gasteiger partial charge in [0.15, 0.2) is 0 Å². The summed E-state index contributed by atoms with van der Waals surface area (Å²) in [5, 5.41) is 10.1. The van der Waals surface area contributed by atoms with E-state index in [-0.39, 0.29) is 32.5 Å². The molecular weight excluding hydrogens is 941 g/mol. The molecule has 11 rings (SSSR count). The van der Waals surface area contributed by atoms with E-state index in [1.807, 2.05) is 0 Å². The summed E-state index contributed by atoms with van der Waals surface area (Å²) in [5.41, 5.74) is 19.9. The molecule has 0 radical (unpaired) electrons. The third kappa shape index (κ3) is 9.37. The fraction of sp³-hybridized carbons (Fsp3) is 0.316. The monoisotopic (exact) mass is 1020 g/mol. The first-order chi connectivity index (χ1) is 36.4. The van der Waals surface area contributed by atoms with Crippen molar-refractivity contribution < 1.29 is 0 Å². The van der Waals surface area contributed by atoms with Crippen molar-refractivity contribution in [1.29, 1.82) is 0 Å². The van der Waals surface area contributed by atoms with Crippen LogP contribution >= 0.6 is 0 Å². The molecule has 0 unspecified atom stereocenters. The number of nitrogens with zero attached hydrogens (tertiary/aromatic N) is 2. The Hall–Kier alpha value is -7.16. The van der Waals surface area contributed by atoms with Crippen LogP contribution in [0.2, 0.25) is 0 Å². The summed E-state index contributed by atoms with van der Waals surface area (Å²) in [4.78, 5) is 2.59. The summed E-state index contributed by atoms with van der Waals surface area (Å²) in [6.45, 7) is 42.0. The Balaban J connectivity index is 1.18. The van der Waals surface area contributed by atoms with Gasteiger partial charge >= 0.3 is 0 Å². The van der Waals surface area contributed by atoms with E-state index in [0.29, 0.717) is 0 Å². The maximum atomic E-state index is 2.59. The van der Waals surface area contributed by atoms with E-state index in [1.54, 1.807) is 0 Å². The highest BCUT2D eigenvalue weighted by Crippen LogP contribution is 2.50. The second-order valence-corrected chi connectivity index (χ2v) is 28.9. The lowest BCUT2D eigenvalue weighted by molar-refractivity contribution is 0.568. The molecule has 0 atom stereocenters. The predicted molar refractivity (Wildman–Crippen MR) is 342 cm³/mol. The Labute approximate surface area is 466 Å². The molecular formula is C76H82N2. The maximum absolute atomic E-state index is 2.59. The maximum Gasteiger partial charge on any atom is 0.0541 e. The predicted octanol–water partition coefficient (Wildman–Crippen LogP) is 22.3. The van der Waals surface area contributed by atoms with E-state index in [2.05, 4.69) is 304 Å². The Kier molecular flexibility index (Phi) is 12.3.